The van der Waals surface area contributed by atoms with Gasteiger partial charge in [0.15, 0.2) is 0 Å². The third-order valence-corrected chi connectivity index (χ3v) is 2.60. The highest BCUT2D eigenvalue weighted by Crippen LogP contribution is 2.23. The van der Waals surface area contributed by atoms with E-state index in [4.69, 9.17) is 14.6 Å². The molecule has 0 aliphatic heterocycles. The second-order valence-corrected chi connectivity index (χ2v) is 3.99. The Morgan fingerprint density at radius 1 is 1.00 bits per heavy atom. The maximum atomic E-state index is 10.9. The summed E-state index contributed by atoms with van der Waals surface area (Å²) in [7, 11) is 1.58. The Kier molecular flexibility index (Phi) is 4.39. The lowest BCUT2D eigenvalue weighted by Gasteiger charge is -2.10. The van der Waals surface area contributed by atoms with Crippen molar-refractivity contribution in [2.45, 2.75) is 0 Å². The molecule has 2 aromatic carbocycles. The Balaban J connectivity index is 2.26. The van der Waals surface area contributed by atoms with E-state index >= 15 is 0 Å². The Labute approximate surface area is 116 Å². The molecule has 0 saturated heterocycles. The average Bonchev–Trinajstić information content (AvgIpc) is 2.48. The summed E-state index contributed by atoms with van der Waals surface area (Å²) in [5.74, 6) is 0.476. The molecule has 0 aromatic heterocycles. The number of carboxylic acids is 1. The van der Waals surface area contributed by atoms with Crippen LogP contribution < -0.4 is 9.47 Å². The van der Waals surface area contributed by atoms with Crippen LogP contribution in [0.15, 0.2) is 60.7 Å². The summed E-state index contributed by atoms with van der Waals surface area (Å²) in [5, 5.41) is 8.93. The number of ether oxygens (including phenoxy) is 2. The first kappa shape index (κ1) is 13.7. The van der Waals surface area contributed by atoms with Crippen molar-refractivity contribution in [3.05, 3.63) is 66.2 Å². The number of aliphatic carboxylic acids is 1. The van der Waals surface area contributed by atoms with Crippen molar-refractivity contribution >= 4 is 11.7 Å². The van der Waals surface area contributed by atoms with Crippen molar-refractivity contribution in [2.75, 3.05) is 7.11 Å². The van der Waals surface area contributed by atoms with Crippen LogP contribution in [-0.2, 0) is 4.79 Å². The van der Waals surface area contributed by atoms with Crippen LogP contribution in [0.1, 0.15) is 5.56 Å². The van der Waals surface area contributed by atoms with E-state index in [-0.39, 0.29) is 5.76 Å². The summed E-state index contributed by atoms with van der Waals surface area (Å²) in [5.41, 5.74) is 0.700. The summed E-state index contributed by atoms with van der Waals surface area (Å²) in [6.07, 6.45) is 1.04. The summed E-state index contributed by atoms with van der Waals surface area (Å²) >= 11 is 0. The minimum Gasteiger partial charge on any atom is -0.497 e. The molecule has 0 spiro atoms. The number of methoxy groups -OCH3 is 1. The Hall–Kier alpha value is -2.75. The van der Waals surface area contributed by atoms with E-state index in [1.807, 2.05) is 18.2 Å². The third-order valence-electron chi connectivity index (χ3n) is 2.60. The molecule has 4 nitrogen and oxygen atoms in total. The fourth-order valence-corrected chi connectivity index (χ4v) is 1.66. The Morgan fingerprint density at radius 3 is 2.15 bits per heavy atom. The molecule has 0 amide bonds. The Bertz CT molecular complexity index is 600. The van der Waals surface area contributed by atoms with Crippen LogP contribution in [0.3, 0.4) is 0 Å². The van der Waals surface area contributed by atoms with Gasteiger partial charge >= 0.3 is 5.97 Å². The predicted octanol–water partition coefficient (Wildman–Crippen LogP) is 3.20. The van der Waals surface area contributed by atoms with Crippen molar-refractivity contribution in [1.82, 2.24) is 0 Å². The molecule has 0 aliphatic rings. The predicted molar refractivity (Wildman–Crippen MR) is 75.7 cm³/mol. The number of hydrogen-bond donors (Lipinski definition) is 1. The topological polar surface area (TPSA) is 55.8 Å². The van der Waals surface area contributed by atoms with Crippen LogP contribution in [-0.4, -0.2) is 18.2 Å². The molecule has 0 aliphatic carbocycles. The molecular formula is C16H14O4. The molecule has 0 atom stereocenters. The highest BCUT2D eigenvalue weighted by atomic mass is 16.5. The molecule has 0 fully saturated rings. The quantitative estimate of drug-likeness (QED) is 0.669. The molecule has 2 rings (SSSR count). The van der Waals surface area contributed by atoms with Gasteiger partial charge in [0.25, 0.3) is 0 Å². The average molecular weight is 270 g/mol. The van der Waals surface area contributed by atoms with Gasteiger partial charge in [0.05, 0.1) is 13.2 Å². The van der Waals surface area contributed by atoms with E-state index < -0.39 is 5.97 Å². The van der Waals surface area contributed by atoms with Crippen molar-refractivity contribution in [3.63, 3.8) is 0 Å². The highest BCUT2D eigenvalue weighted by molar-refractivity contribution is 5.88. The maximum absolute atomic E-state index is 10.9. The maximum Gasteiger partial charge on any atom is 0.332 e. The molecule has 2 aromatic rings. The fraction of sp³-hybridized carbons (Fsp3) is 0.0625. The largest absolute Gasteiger partial charge is 0.497 e. The first-order chi connectivity index (χ1) is 9.69. The molecule has 0 bridgehead atoms. The van der Waals surface area contributed by atoms with Crippen LogP contribution >= 0.6 is 0 Å². The van der Waals surface area contributed by atoms with E-state index in [0.29, 0.717) is 17.1 Å². The van der Waals surface area contributed by atoms with Crippen molar-refractivity contribution in [2.24, 2.45) is 0 Å². The molecule has 20 heavy (non-hydrogen) atoms. The lowest BCUT2D eigenvalue weighted by Crippen LogP contribution is -1.99. The Morgan fingerprint density at radius 2 is 1.60 bits per heavy atom. The van der Waals surface area contributed by atoms with Gasteiger partial charge in [0, 0.05) is 5.56 Å². The standard InChI is InChI=1S/C16H14O4/c1-19-13-7-9-14(10-8-13)20-15(11-16(17)18)12-5-3-2-4-6-12/h2-11H,1H3,(H,17,18)/b15-11-. The zero-order valence-electron chi connectivity index (χ0n) is 10.9. The smallest absolute Gasteiger partial charge is 0.332 e. The lowest BCUT2D eigenvalue weighted by atomic mass is 10.2. The zero-order chi connectivity index (χ0) is 14.4. The molecular weight excluding hydrogens is 256 g/mol. The van der Waals surface area contributed by atoms with Crippen LogP contribution in [0.5, 0.6) is 11.5 Å². The van der Waals surface area contributed by atoms with Gasteiger partial charge < -0.3 is 14.6 Å². The van der Waals surface area contributed by atoms with Gasteiger partial charge in [-0.05, 0) is 24.3 Å². The second-order valence-electron chi connectivity index (χ2n) is 3.99. The minimum absolute atomic E-state index is 0.281. The van der Waals surface area contributed by atoms with E-state index in [0.717, 1.165) is 6.08 Å². The van der Waals surface area contributed by atoms with Crippen LogP contribution in [0.4, 0.5) is 0 Å². The van der Waals surface area contributed by atoms with Gasteiger partial charge in [-0.25, -0.2) is 4.79 Å². The number of benzene rings is 2. The van der Waals surface area contributed by atoms with Gasteiger partial charge in [0.2, 0.25) is 0 Å². The number of hydrogen-bond acceptors (Lipinski definition) is 3. The molecule has 1 N–H and O–H groups in total. The van der Waals surface area contributed by atoms with E-state index in [1.54, 1.807) is 43.5 Å². The summed E-state index contributed by atoms with van der Waals surface area (Å²) < 4.78 is 10.7. The number of carboxylic acid groups (broad SMARTS) is 1. The van der Waals surface area contributed by atoms with Crippen LogP contribution in [0, 0.1) is 0 Å². The molecule has 0 heterocycles. The monoisotopic (exact) mass is 270 g/mol. The van der Waals surface area contributed by atoms with E-state index in [1.165, 1.54) is 0 Å². The van der Waals surface area contributed by atoms with Crippen molar-refractivity contribution in [1.29, 1.82) is 0 Å². The SMILES string of the molecule is COc1ccc(O/C(=C\C(=O)O)c2ccccc2)cc1. The first-order valence-electron chi connectivity index (χ1n) is 6.01. The van der Waals surface area contributed by atoms with Crippen molar-refractivity contribution in [3.8, 4) is 11.5 Å². The minimum atomic E-state index is -1.06. The third kappa shape index (κ3) is 3.62. The van der Waals surface area contributed by atoms with Crippen LogP contribution in [0.2, 0.25) is 0 Å². The number of carbonyl (C=O) groups is 1. The van der Waals surface area contributed by atoms with Crippen LogP contribution in [0.25, 0.3) is 5.76 Å². The van der Waals surface area contributed by atoms with Gasteiger partial charge in [-0.3, -0.25) is 0 Å². The van der Waals surface area contributed by atoms with Gasteiger partial charge in [0.1, 0.15) is 17.3 Å². The second kappa shape index (κ2) is 6.43. The zero-order valence-corrected chi connectivity index (χ0v) is 10.9. The summed E-state index contributed by atoms with van der Waals surface area (Å²) in [6.45, 7) is 0. The molecule has 0 unspecified atom stereocenters. The van der Waals surface area contributed by atoms with E-state index in [2.05, 4.69) is 0 Å². The first-order valence-corrected chi connectivity index (χ1v) is 6.01. The lowest BCUT2D eigenvalue weighted by molar-refractivity contribution is -0.131. The molecule has 0 saturated carbocycles. The number of rotatable bonds is 5. The van der Waals surface area contributed by atoms with Gasteiger partial charge in [-0.2, -0.15) is 0 Å². The summed E-state index contributed by atoms with van der Waals surface area (Å²) in [4.78, 5) is 10.9. The van der Waals surface area contributed by atoms with Crippen molar-refractivity contribution < 1.29 is 19.4 Å². The molecule has 102 valence electrons. The normalized spacial score (nSPS) is 10.9. The summed E-state index contributed by atoms with van der Waals surface area (Å²) in [6, 6.07) is 16.0. The molecule has 0 radical (unpaired) electrons. The van der Waals surface area contributed by atoms with Gasteiger partial charge in [-0.15, -0.1) is 0 Å². The van der Waals surface area contributed by atoms with Gasteiger partial charge in [-0.1, -0.05) is 30.3 Å². The van der Waals surface area contributed by atoms with E-state index in [9.17, 15) is 4.79 Å². The highest BCUT2D eigenvalue weighted by Gasteiger charge is 2.07. The fourth-order valence-electron chi connectivity index (χ4n) is 1.66. The molecule has 4 heteroatoms.